The third kappa shape index (κ3) is 7.13. The molecular formula is C6H9F3N2. The topological polar surface area (TPSA) is 27.0 Å². The van der Waals surface area contributed by atoms with Gasteiger partial charge in [0.2, 0.25) is 0 Å². The number of nitrogens with zero attached hydrogens (tertiary/aromatic N) is 2. The fraction of sp³-hybridized carbons (Fsp3) is 0.833. The van der Waals surface area contributed by atoms with Gasteiger partial charge < -0.3 is 0 Å². The first-order chi connectivity index (χ1) is 4.95. The average molecular weight is 166 g/mol. The molecule has 0 amide bonds. The van der Waals surface area contributed by atoms with Gasteiger partial charge in [0.15, 0.2) is 0 Å². The predicted molar refractivity (Wildman–Crippen MR) is 33.8 cm³/mol. The Morgan fingerprint density at radius 1 is 1.45 bits per heavy atom. The summed E-state index contributed by atoms with van der Waals surface area (Å²) in [6.07, 6.45) is -4.98. The van der Waals surface area contributed by atoms with Gasteiger partial charge in [0.05, 0.1) is 19.0 Å². The molecule has 0 aromatic heterocycles. The van der Waals surface area contributed by atoms with E-state index >= 15 is 0 Å². The molecule has 0 saturated carbocycles. The first kappa shape index (κ1) is 10.2. The maximum absolute atomic E-state index is 11.5. The number of hydrogen-bond donors (Lipinski definition) is 0. The molecule has 0 aliphatic carbocycles. The highest BCUT2D eigenvalue weighted by atomic mass is 19.4. The Balaban J connectivity index is 3.48. The van der Waals surface area contributed by atoms with Gasteiger partial charge in [0.1, 0.15) is 0 Å². The summed E-state index contributed by atoms with van der Waals surface area (Å²) in [4.78, 5) is 1.33. The smallest absolute Gasteiger partial charge is 0.293 e. The van der Waals surface area contributed by atoms with Gasteiger partial charge in [-0.2, -0.15) is 18.4 Å². The van der Waals surface area contributed by atoms with Gasteiger partial charge in [-0.1, -0.05) is 0 Å². The van der Waals surface area contributed by atoms with Gasteiger partial charge in [0.25, 0.3) is 0 Å². The van der Waals surface area contributed by atoms with E-state index in [4.69, 9.17) is 5.26 Å². The molecule has 0 saturated heterocycles. The molecule has 0 aromatic carbocycles. The van der Waals surface area contributed by atoms with E-state index < -0.39 is 12.6 Å². The van der Waals surface area contributed by atoms with Gasteiger partial charge in [-0.05, 0) is 7.05 Å². The van der Waals surface area contributed by atoms with Gasteiger partial charge in [-0.25, -0.2) is 0 Å². The molecule has 0 radical (unpaired) electrons. The fourth-order valence-corrected chi connectivity index (χ4v) is 0.517. The highest BCUT2D eigenvalue weighted by molar-refractivity contribution is 4.74. The van der Waals surface area contributed by atoms with Crippen molar-refractivity contribution in [2.45, 2.75) is 12.6 Å². The van der Waals surface area contributed by atoms with Crippen LogP contribution in [-0.4, -0.2) is 31.2 Å². The van der Waals surface area contributed by atoms with Crippen molar-refractivity contribution in [3.8, 4) is 6.07 Å². The number of nitriles is 1. The second-order valence-electron chi connectivity index (χ2n) is 2.26. The molecule has 0 aliphatic heterocycles. The normalized spacial score (nSPS) is 11.6. The van der Waals surface area contributed by atoms with E-state index in [1.807, 2.05) is 0 Å². The van der Waals surface area contributed by atoms with Crippen LogP contribution in [-0.2, 0) is 0 Å². The van der Waals surface area contributed by atoms with Gasteiger partial charge >= 0.3 is 6.18 Å². The van der Waals surface area contributed by atoms with Crippen molar-refractivity contribution >= 4 is 0 Å². The molecule has 0 heterocycles. The summed E-state index contributed by atoms with van der Waals surface area (Å²) in [6.45, 7) is -0.0763. The minimum atomic E-state index is -4.12. The van der Waals surface area contributed by atoms with Crippen LogP contribution in [0.1, 0.15) is 6.42 Å². The van der Waals surface area contributed by atoms with Crippen LogP contribution in [0.5, 0.6) is 0 Å². The van der Waals surface area contributed by atoms with Crippen molar-refractivity contribution in [1.29, 1.82) is 5.26 Å². The van der Waals surface area contributed by atoms with Crippen LogP contribution in [0.2, 0.25) is 0 Å². The lowest BCUT2D eigenvalue weighted by Gasteiger charge is -2.13. The number of alkyl halides is 3. The van der Waals surface area contributed by atoms with E-state index in [1.54, 1.807) is 6.07 Å². The predicted octanol–water partition coefficient (Wildman–Crippen LogP) is 1.39. The number of rotatable bonds is 3. The third-order valence-electron chi connectivity index (χ3n) is 1.12. The average Bonchev–Trinajstić information content (AvgIpc) is 1.83. The largest absolute Gasteiger partial charge is 0.390 e. The van der Waals surface area contributed by atoms with Crippen molar-refractivity contribution in [2.75, 3.05) is 20.1 Å². The molecule has 11 heavy (non-hydrogen) atoms. The molecule has 0 fully saturated rings. The molecule has 0 rings (SSSR count). The lowest BCUT2D eigenvalue weighted by atomic mass is 10.4. The van der Waals surface area contributed by atoms with E-state index in [0.29, 0.717) is 0 Å². The molecule has 0 N–H and O–H groups in total. The minimum absolute atomic E-state index is 0.0378. The van der Waals surface area contributed by atoms with Crippen molar-refractivity contribution in [3.63, 3.8) is 0 Å². The van der Waals surface area contributed by atoms with Crippen molar-refractivity contribution in [1.82, 2.24) is 4.90 Å². The van der Waals surface area contributed by atoms with Crippen molar-refractivity contribution in [2.24, 2.45) is 0 Å². The Kier molecular flexibility index (Phi) is 3.90. The van der Waals surface area contributed by atoms with Gasteiger partial charge in [-0.3, -0.25) is 4.90 Å². The van der Waals surface area contributed by atoms with E-state index in [-0.39, 0.29) is 13.1 Å². The van der Waals surface area contributed by atoms with Gasteiger partial charge in [-0.15, -0.1) is 0 Å². The van der Waals surface area contributed by atoms with Crippen LogP contribution in [0.15, 0.2) is 0 Å². The molecule has 0 spiro atoms. The quantitative estimate of drug-likeness (QED) is 0.592. The number of hydrogen-bond acceptors (Lipinski definition) is 2. The Morgan fingerprint density at radius 2 is 2.00 bits per heavy atom. The zero-order chi connectivity index (χ0) is 8.91. The Morgan fingerprint density at radius 3 is 2.36 bits per heavy atom. The second-order valence-corrected chi connectivity index (χ2v) is 2.26. The maximum atomic E-state index is 11.5. The van der Waals surface area contributed by atoms with Crippen LogP contribution in [0.3, 0.4) is 0 Å². The zero-order valence-corrected chi connectivity index (χ0v) is 6.15. The molecule has 5 heteroatoms. The molecule has 0 bridgehead atoms. The summed E-state index contributed by atoms with van der Waals surface area (Å²) in [5, 5.41) is 8.09. The SMILES string of the molecule is CN(CC#N)CCC(F)(F)F. The molecule has 2 nitrogen and oxygen atoms in total. The Bertz CT molecular complexity index is 147. The fourth-order valence-electron chi connectivity index (χ4n) is 0.517. The van der Waals surface area contributed by atoms with Gasteiger partial charge in [0, 0.05) is 6.54 Å². The molecule has 0 aromatic rings. The summed E-state index contributed by atoms with van der Waals surface area (Å²) < 4.78 is 34.6. The summed E-state index contributed by atoms with van der Waals surface area (Å²) >= 11 is 0. The number of halogens is 3. The lowest BCUT2D eigenvalue weighted by Crippen LogP contribution is -2.24. The van der Waals surface area contributed by atoms with Crippen molar-refractivity contribution in [3.05, 3.63) is 0 Å². The van der Waals surface area contributed by atoms with E-state index in [0.717, 1.165) is 0 Å². The Labute approximate surface area is 63.2 Å². The summed E-state index contributed by atoms with van der Waals surface area (Å²) in [7, 11) is 1.48. The highest BCUT2D eigenvalue weighted by Gasteiger charge is 2.26. The Hall–Kier alpha value is -0.760. The van der Waals surface area contributed by atoms with Crippen LogP contribution >= 0.6 is 0 Å². The van der Waals surface area contributed by atoms with Crippen LogP contribution in [0, 0.1) is 11.3 Å². The first-order valence-electron chi connectivity index (χ1n) is 3.08. The standard InChI is InChI=1S/C6H9F3N2/c1-11(5-3-10)4-2-6(7,8)9/h2,4-5H2,1H3. The summed E-state index contributed by atoms with van der Waals surface area (Å²) in [6, 6.07) is 1.76. The molecular weight excluding hydrogens is 157 g/mol. The minimum Gasteiger partial charge on any atom is -0.293 e. The second kappa shape index (κ2) is 4.19. The van der Waals surface area contributed by atoms with Crippen LogP contribution in [0.4, 0.5) is 13.2 Å². The molecule has 0 unspecified atom stereocenters. The monoisotopic (exact) mass is 166 g/mol. The van der Waals surface area contributed by atoms with Crippen molar-refractivity contribution < 1.29 is 13.2 Å². The molecule has 0 aliphatic rings. The molecule has 0 atom stereocenters. The van der Waals surface area contributed by atoms with E-state index in [2.05, 4.69) is 0 Å². The van der Waals surface area contributed by atoms with E-state index in [1.165, 1.54) is 11.9 Å². The first-order valence-corrected chi connectivity index (χ1v) is 3.08. The third-order valence-corrected chi connectivity index (χ3v) is 1.12. The zero-order valence-electron chi connectivity index (χ0n) is 6.15. The summed E-state index contributed by atoms with van der Waals surface area (Å²) in [5.41, 5.74) is 0. The summed E-state index contributed by atoms with van der Waals surface area (Å²) in [5.74, 6) is 0. The highest BCUT2D eigenvalue weighted by Crippen LogP contribution is 2.19. The van der Waals surface area contributed by atoms with Crippen LogP contribution in [0.25, 0.3) is 0 Å². The van der Waals surface area contributed by atoms with Crippen LogP contribution < -0.4 is 0 Å². The van der Waals surface area contributed by atoms with E-state index in [9.17, 15) is 13.2 Å². The molecule has 64 valence electrons. The maximum Gasteiger partial charge on any atom is 0.390 e. The lowest BCUT2D eigenvalue weighted by molar-refractivity contribution is -0.137.